The van der Waals surface area contributed by atoms with Crippen molar-refractivity contribution in [2.45, 2.75) is 27.2 Å². The van der Waals surface area contributed by atoms with E-state index in [9.17, 15) is 4.79 Å². The van der Waals surface area contributed by atoms with Crippen molar-refractivity contribution < 1.29 is 4.79 Å². The Bertz CT molecular complexity index is 762. The van der Waals surface area contributed by atoms with Crippen LogP contribution in [-0.2, 0) is 4.79 Å². The predicted molar refractivity (Wildman–Crippen MR) is 116 cm³/mol. The zero-order valence-corrected chi connectivity index (χ0v) is 17.1. The number of aryl methyl sites for hydroxylation is 2. The van der Waals surface area contributed by atoms with E-state index in [4.69, 9.17) is 0 Å². The molecule has 28 heavy (non-hydrogen) atoms. The van der Waals surface area contributed by atoms with Crippen LogP contribution in [0.25, 0.3) is 0 Å². The molecule has 0 N–H and O–H groups in total. The minimum Gasteiger partial charge on any atom is -0.367 e. The Morgan fingerprint density at radius 2 is 2.04 bits per heavy atom. The third-order valence-corrected chi connectivity index (χ3v) is 4.58. The van der Waals surface area contributed by atoms with Crippen molar-refractivity contribution >= 4 is 24.2 Å². The Hall–Kier alpha value is -2.96. The summed E-state index contributed by atoms with van der Waals surface area (Å²) >= 11 is 0. The first-order valence-corrected chi connectivity index (χ1v) is 9.57. The SMILES string of the molecule is C=C/N=C(\C=N/N(C=O)CCC)C(=C)N1CCN(c2ncc(C)cc2C)CC1. The Morgan fingerprint density at radius 1 is 1.32 bits per heavy atom. The van der Waals surface area contributed by atoms with E-state index < -0.39 is 0 Å². The number of aromatic nitrogens is 1. The first-order chi connectivity index (χ1) is 13.5. The Balaban J connectivity index is 2.03. The summed E-state index contributed by atoms with van der Waals surface area (Å²) in [7, 11) is 0. The molecule has 0 radical (unpaired) electrons. The summed E-state index contributed by atoms with van der Waals surface area (Å²) in [6.45, 7) is 17.9. The lowest BCUT2D eigenvalue weighted by Gasteiger charge is -2.38. The Labute approximate surface area is 167 Å². The molecule has 0 aliphatic carbocycles. The van der Waals surface area contributed by atoms with Crippen LogP contribution in [0.1, 0.15) is 24.5 Å². The van der Waals surface area contributed by atoms with Gasteiger partial charge in [0.2, 0.25) is 6.41 Å². The third-order valence-electron chi connectivity index (χ3n) is 4.58. The van der Waals surface area contributed by atoms with Crippen molar-refractivity contribution in [1.29, 1.82) is 0 Å². The minimum absolute atomic E-state index is 0.565. The van der Waals surface area contributed by atoms with Crippen LogP contribution in [0.4, 0.5) is 5.82 Å². The molecule has 1 aromatic heterocycles. The van der Waals surface area contributed by atoms with Gasteiger partial charge in [0.15, 0.2) is 0 Å². The first kappa shape index (κ1) is 21.3. The number of piperazine rings is 1. The van der Waals surface area contributed by atoms with E-state index >= 15 is 0 Å². The van der Waals surface area contributed by atoms with Crippen LogP contribution < -0.4 is 4.90 Å². The van der Waals surface area contributed by atoms with Gasteiger partial charge < -0.3 is 9.80 Å². The highest BCUT2D eigenvalue weighted by molar-refractivity contribution is 6.37. The average Bonchev–Trinajstić information content (AvgIpc) is 2.70. The zero-order valence-electron chi connectivity index (χ0n) is 17.1. The number of hydrazone groups is 1. The van der Waals surface area contributed by atoms with Crippen LogP contribution >= 0.6 is 0 Å². The van der Waals surface area contributed by atoms with Gasteiger partial charge in [0, 0.05) is 45.1 Å². The van der Waals surface area contributed by atoms with Gasteiger partial charge in [-0.3, -0.25) is 9.79 Å². The third kappa shape index (κ3) is 5.52. The number of rotatable bonds is 9. The molecule has 1 saturated heterocycles. The first-order valence-electron chi connectivity index (χ1n) is 9.57. The summed E-state index contributed by atoms with van der Waals surface area (Å²) in [5.41, 5.74) is 3.75. The zero-order chi connectivity index (χ0) is 20.5. The van der Waals surface area contributed by atoms with E-state index in [2.05, 4.69) is 57.9 Å². The fraction of sp³-hybridized carbons (Fsp3) is 0.429. The molecule has 1 aliphatic heterocycles. The van der Waals surface area contributed by atoms with Gasteiger partial charge >= 0.3 is 0 Å². The Morgan fingerprint density at radius 3 is 2.61 bits per heavy atom. The maximum atomic E-state index is 11.1. The number of anilines is 1. The number of allylic oxidation sites excluding steroid dienone is 1. The molecule has 0 atom stereocenters. The Kier molecular flexibility index (Phi) is 7.92. The number of carbonyl (C=O) groups excluding carboxylic acids is 1. The van der Waals surface area contributed by atoms with Gasteiger partial charge in [-0.15, -0.1) is 0 Å². The summed E-state index contributed by atoms with van der Waals surface area (Å²) in [4.78, 5) is 24.4. The highest BCUT2D eigenvalue weighted by Gasteiger charge is 2.21. The van der Waals surface area contributed by atoms with Gasteiger partial charge in [0.05, 0.1) is 11.9 Å². The van der Waals surface area contributed by atoms with E-state index in [-0.39, 0.29) is 0 Å². The van der Waals surface area contributed by atoms with Gasteiger partial charge in [-0.25, -0.2) is 9.99 Å². The lowest BCUT2D eigenvalue weighted by molar-refractivity contribution is -0.118. The number of hydrogen-bond acceptors (Lipinski definition) is 6. The maximum absolute atomic E-state index is 11.1. The van der Waals surface area contributed by atoms with Crippen molar-refractivity contribution in [1.82, 2.24) is 14.9 Å². The quantitative estimate of drug-likeness (QED) is 0.374. The molecule has 2 heterocycles. The van der Waals surface area contributed by atoms with Crippen molar-refractivity contribution in [2.75, 3.05) is 37.6 Å². The number of pyridine rings is 1. The highest BCUT2D eigenvalue weighted by atomic mass is 16.1. The van der Waals surface area contributed by atoms with Crippen LogP contribution in [0.3, 0.4) is 0 Å². The lowest BCUT2D eigenvalue weighted by atomic mass is 10.2. The molecule has 0 spiro atoms. The molecule has 1 aliphatic rings. The molecule has 0 aromatic carbocycles. The lowest BCUT2D eigenvalue weighted by Crippen LogP contribution is -2.47. The summed E-state index contributed by atoms with van der Waals surface area (Å²) in [5.74, 6) is 1.04. The molecule has 1 aromatic rings. The fourth-order valence-electron chi connectivity index (χ4n) is 3.17. The summed E-state index contributed by atoms with van der Waals surface area (Å²) in [5, 5.41) is 5.56. The second kappa shape index (κ2) is 10.4. The normalized spacial score (nSPS) is 15.0. The van der Waals surface area contributed by atoms with E-state index in [1.54, 1.807) is 6.21 Å². The van der Waals surface area contributed by atoms with Gasteiger partial charge in [-0.2, -0.15) is 5.10 Å². The minimum atomic E-state index is 0.565. The smallest absolute Gasteiger partial charge is 0.229 e. The van der Waals surface area contributed by atoms with Crippen molar-refractivity contribution in [3.63, 3.8) is 0 Å². The monoisotopic (exact) mass is 382 g/mol. The van der Waals surface area contributed by atoms with Crippen LogP contribution in [0.15, 0.2) is 47.4 Å². The second-order valence-electron chi connectivity index (χ2n) is 6.78. The van der Waals surface area contributed by atoms with Crippen LogP contribution in [-0.4, -0.2) is 66.0 Å². The number of nitrogens with zero attached hydrogens (tertiary/aromatic N) is 6. The maximum Gasteiger partial charge on any atom is 0.229 e. The second-order valence-corrected chi connectivity index (χ2v) is 6.78. The standard InChI is InChI=1S/C21H30N6O/c1-6-8-27(16-28)24-15-20(22-7-2)19(5)25-9-11-26(12-10-25)21-18(4)13-17(3)14-23-21/h7,13-16H,2,5-6,8-12H2,1,3-4H3/b22-20+,24-15-. The van der Waals surface area contributed by atoms with Crippen LogP contribution in [0, 0.1) is 13.8 Å². The van der Waals surface area contributed by atoms with Gasteiger partial charge in [0.25, 0.3) is 0 Å². The molecule has 7 nitrogen and oxygen atoms in total. The molecule has 0 saturated carbocycles. The van der Waals surface area contributed by atoms with Crippen molar-refractivity contribution in [2.24, 2.45) is 10.1 Å². The van der Waals surface area contributed by atoms with E-state index in [0.717, 1.165) is 44.1 Å². The van der Waals surface area contributed by atoms with E-state index in [0.29, 0.717) is 18.7 Å². The predicted octanol–water partition coefficient (Wildman–Crippen LogP) is 2.77. The number of hydrogen-bond donors (Lipinski definition) is 0. The molecule has 7 heteroatoms. The van der Waals surface area contributed by atoms with E-state index in [1.807, 2.05) is 13.1 Å². The molecule has 150 valence electrons. The fourth-order valence-corrected chi connectivity index (χ4v) is 3.17. The number of amides is 1. The molecule has 0 bridgehead atoms. The molecule has 1 fully saturated rings. The number of aliphatic imine (C=N–C) groups is 1. The topological polar surface area (TPSA) is 64.4 Å². The number of carbonyl (C=O) groups is 1. The largest absolute Gasteiger partial charge is 0.367 e. The molecule has 0 unspecified atom stereocenters. The summed E-state index contributed by atoms with van der Waals surface area (Å²) in [6, 6.07) is 2.16. The summed E-state index contributed by atoms with van der Waals surface area (Å²) in [6.07, 6.45) is 6.50. The highest BCUT2D eigenvalue weighted by Crippen LogP contribution is 2.20. The van der Waals surface area contributed by atoms with E-state index in [1.165, 1.54) is 22.3 Å². The summed E-state index contributed by atoms with van der Waals surface area (Å²) < 4.78 is 0. The van der Waals surface area contributed by atoms with Crippen molar-refractivity contribution in [3.8, 4) is 0 Å². The molecule has 2 rings (SSSR count). The van der Waals surface area contributed by atoms with Crippen molar-refractivity contribution in [3.05, 3.63) is 48.4 Å². The van der Waals surface area contributed by atoms with Crippen LogP contribution in [0.2, 0.25) is 0 Å². The van der Waals surface area contributed by atoms with Gasteiger partial charge in [-0.1, -0.05) is 26.1 Å². The average molecular weight is 383 g/mol. The van der Waals surface area contributed by atoms with Crippen LogP contribution in [0.5, 0.6) is 0 Å². The molecule has 1 amide bonds. The molecular formula is C21H30N6O. The van der Waals surface area contributed by atoms with Gasteiger partial charge in [0.1, 0.15) is 11.5 Å². The molecular weight excluding hydrogens is 352 g/mol. The van der Waals surface area contributed by atoms with Gasteiger partial charge in [-0.05, 0) is 31.4 Å².